The maximum absolute atomic E-state index is 14.2. The molecule has 1 aliphatic rings. The molecule has 2 aromatic carbocycles. The number of fused-ring (bicyclic) bond motifs is 1. The summed E-state index contributed by atoms with van der Waals surface area (Å²) in [5.74, 6) is -1.36. The Balaban J connectivity index is 2.10. The summed E-state index contributed by atoms with van der Waals surface area (Å²) in [5, 5.41) is 10.3. The second-order valence-corrected chi connectivity index (χ2v) is 5.84. The van der Waals surface area contributed by atoms with Crippen molar-refractivity contribution in [2.75, 3.05) is 6.61 Å². The third kappa shape index (κ3) is 2.75. The lowest BCUT2D eigenvalue weighted by molar-refractivity contribution is 0.0520. The van der Waals surface area contributed by atoms with E-state index in [0.717, 1.165) is 16.7 Å². The van der Waals surface area contributed by atoms with Crippen molar-refractivity contribution in [2.24, 2.45) is 0 Å². The monoisotopic (exact) mass is 314 g/mol. The fraction of sp³-hybridized carbons (Fsp3) is 0.316. The van der Waals surface area contributed by atoms with E-state index >= 15 is 0 Å². The van der Waals surface area contributed by atoms with E-state index in [-0.39, 0.29) is 18.1 Å². The number of carbonyl (C=O) groups is 1. The number of rotatable bonds is 3. The van der Waals surface area contributed by atoms with Crippen LogP contribution in [0.5, 0.6) is 0 Å². The molecule has 4 heteroatoms. The van der Waals surface area contributed by atoms with Crippen molar-refractivity contribution in [2.45, 2.75) is 32.3 Å². The Bertz CT molecular complexity index is 754. The molecule has 3 rings (SSSR count). The molecule has 0 spiro atoms. The first kappa shape index (κ1) is 15.7. The lowest BCUT2D eigenvalue weighted by Gasteiger charge is -2.15. The van der Waals surface area contributed by atoms with Gasteiger partial charge in [0.15, 0.2) is 0 Å². The predicted molar refractivity (Wildman–Crippen MR) is 85.0 cm³/mol. The number of hydrogen-bond donors (Lipinski definition) is 1. The largest absolute Gasteiger partial charge is 0.462 e. The first-order valence-electron chi connectivity index (χ1n) is 7.77. The summed E-state index contributed by atoms with van der Waals surface area (Å²) in [6.45, 7) is 3.89. The van der Waals surface area contributed by atoms with Crippen LogP contribution in [0.2, 0.25) is 0 Å². The van der Waals surface area contributed by atoms with Gasteiger partial charge in [0, 0.05) is 5.92 Å². The van der Waals surface area contributed by atoms with Gasteiger partial charge in [-0.05, 0) is 54.7 Å². The smallest absolute Gasteiger partial charge is 0.341 e. The van der Waals surface area contributed by atoms with Gasteiger partial charge in [0.1, 0.15) is 5.82 Å². The van der Waals surface area contributed by atoms with Gasteiger partial charge >= 0.3 is 5.97 Å². The summed E-state index contributed by atoms with van der Waals surface area (Å²) in [6.07, 6.45) is -0.230. The Morgan fingerprint density at radius 2 is 2.00 bits per heavy atom. The molecular formula is C19H19FO3. The minimum Gasteiger partial charge on any atom is -0.462 e. The number of aliphatic hydroxyl groups excluding tert-OH is 1. The molecule has 3 nitrogen and oxygen atoms in total. The van der Waals surface area contributed by atoms with Crippen LogP contribution >= 0.6 is 0 Å². The minimum absolute atomic E-state index is 0.0463. The highest BCUT2D eigenvalue weighted by Gasteiger charge is 2.33. The number of carbonyl (C=O) groups excluding carboxylic acids is 1. The Morgan fingerprint density at radius 1 is 1.26 bits per heavy atom. The summed E-state index contributed by atoms with van der Waals surface area (Å²) in [7, 11) is 0. The molecule has 0 radical (unpaired) electrons. The molecule has 2 aromatic rings. The number of esters is 1. The predicted octanol–water partition coefficient (Wildman–Crippen LogP) is 3.88. The van der Waals surface area contributed by atoms with Crippen LogP contribution in [-0.4, -0.2) is 17.7 Å². The van der Waals surface area contributed by atoms with E-state index in [1.54, 1.807) is 6.92 Å². The zero-order valence-corrected chi connectivity index (χ0v) is 13.2. The topological polar surface area (TPSA) is 46.5 Å². The summed E-state index contributed by atoms with van der Waals surface area (Å²) < 4.78 is 19.1. The molecule has 0 bridgehead atoms. The molecule has 0 fully saturated rings. The van der Waals surface area contributed by atoms with Gasteiger partial charge in [0.25, 0.3) is 0 Å². The standard InChI is InChI=1S/C19H19FO3/c1-3-23-19(22)16-8-13-14(12-7-5-4-6-11(12)2)10-18(21)15(13)9-17(16)20/h4-9,14,18,21H,3,10H2,1-2H3. The highest BCUT2D eigenvalue weighted by molar-refractivity contribution is 5.90. The SMILES string of the molecule is CCOC(=O)c1cc2c(cc1F)C(O)CC2c1ccccc1C. The van der Waals surface area contributed by atoms with E-state index < -0.39 is 17.9 Å². The summed E-state index contributed by atoms with van der Waals surface area (Å²) >= 11 is 0. The normalized spacial score (nSPS) is 19.5. The molecule has 1 N–H and O–H groups in total. The van der Waals surface area contributed by atoms with Crippen molar-refractivity contribution in [3.8, 4) is 0 Å². The van der Waals surface area contributed by atoms with Crippen LogP contribution in [0, 0.1) is 12.7 Å². The number of aryl methyl sites for hydroxylation is 1. The average Bonchev–Trinajstić information content (AvgIpc) is 2.83. The highest BCUT2D eigenvalue weighted by atomic mass is 19.1. The van der Waals surface area contributed by atoms with Crippen molar-refractivity contribution < 1.29 is 19.0 Å². The summed E-state index contributed by atoms with van der Waals surface area (Å²) in [5.41, 5.74) is 3.49. The molecule has 0 aromatic heterocycles. The Hall–Kier alpha value is -2.20. The maximum Gasteiger partial charge on any atom is 0.341 e. The van der Waals surface area contributed by atoms with Gasteiger partial charge in [0.2, 0.25) is 0 Å². The van der Waals surface area contributed by atoms with E-state index in [9.17, 15) is 14.3 Å². The molecule has 0 saturated carbocycles. The van der Waals surface area contributed by atoms with Crippen molar-refractivity contribution >= 4 is 5.97 Å². The number of ether oxygens (including phenoxy) is 1. The quantitative estimate of drug-likeness (QED) is 0.875. The van der Waals surface area contributed by atoms with Gasteiger partial charge in [-0.1, -0.05) is 24.3 Å². The summed E-state index contributed by atoms with van der Waals surface area (Å²) in [4.78, 5) is 11.9. The van der Waals surface area contributed by atoms with Gasteiger partial charge in [0.05, 0.1) is 18.3 Å². The van der Waals surface area contributed by atoms with Gasteiger partial charge in [-0.25, -0.2) is 9.18 Å². The van der Waals surface area contributed by atoms with Crippen LogP contribution in [0.3, 0.4) is 0 Å². The van der Waals surface area contributed by atoms with Crippen LogP contribution in [-0.2, 0) is 4.74 Å². The molecule has 1 aliphatic carbocycles. The van der Waals surface area contributed by atoms with Crippen molar-refractivity contribution in [1.82, 2.24) is 0 Å². The Kier molecular flexibility index (Phi) is 4.18. The van der Waals surface area contributed by atoms with Crippen molar-refractivity contribution in [3.05, 3.63) is 70.0 Å². The Morgan fingerprint density at radius 3 is 2.70 bits per heavy atom. The van der Waals surface area contributed by atoms with Crippen LogP contribution < -0.4 is 0 Å². The van der Waals surface area contributed by atoms with Gasteiger partial charge in [-0.3, -0.25) is 0 Å². The van der Waals surface area contributed by atoms with Gasteiger partial charge in [-0.2, -0.15) is 0 Å². The molecule has 0 aliphatic heterocycles. The van der Waals surface area contributed by atoms with Crippen LogP contribution in [0.25, 0.3) is 0 Å². The lowest BCUT2D eigenvalue weighted by atomic mass is 9.89. The number of benzene rings is 2. The summed E-state index contributed by atoms with van der Waals surface area (Å²) in [6, 6.07) is 10.7. The molecule has 23 heavy (non-hydrogen) atoms. The van der Waals surface area contributed by atoms with E-state index in [0.29, 0.717) is 12.0 Å². The molecule has 2 unspecified atom stereocenters. The third-order valence-electron chi connectivity index (χ3n) is 4.43. The molecule has 120 valence electrons. The van der Waals surface area contributed by atoms with E-state index in [4.69, 9.17) is 4.74 Å². The molecular weight excluding hydrogens is 295 g/mol. The number of aliphatic hydroxyl groups is 1. The lowest BCUT2D eigenvalue weighted by Crippen LogP contribution is -2.09. The van der Waals surface area contributed by atoms with E-state index in [1.807, 2.05) is 31.2 Å². The first-order valence-corrected chi connectivity index (χ1v) is 7.77. The highest BCUT2D eigenvalue weighted by Crippen LogP contribution is 2.45. The van der Waals surface area contributed by atoms with Gasteiger partial charge < -0.3 is 9.84 Å². The van der Waals surface area contributed by atoms with Gasteiger partial charge in [-0.15, -0.1) is 0 Å². The molecule has 2 atom stereocenters. The van der Waals surface area contributed by atoms with Crippen LogP contribution in [0.1, 0.15) is 58.0 Å². The molecule has 0 heterocycles. The molecule has 0 saturated heterocycles. The fourth-order valence-electron chi connectivity index (χ4n) is 3.31. The average molecular weight is 314 g/mol. The maximum atomic E-state index is 14.2. The fourth-order valence-corrected chi connectivity index (χ4v) is 3.31. The number of hydrogen-bond acceptors (Lipinski definition) is 3. The molecule has 0 amide bonds. The van der Waals surface area contributed by atoms with E-state index in [1.165, 1.54) is 12.1 Å². The van der Waals surface area contributed by atoms with E-state index in [2.05, 4.69) is 0 Å². The second-order valence-electron chi connectivity index (χ2n) is 5.84. The van der Waals surface area contributed by atoms with Crippen molar-refractivity contribution in [3.63, 3.8) is 0 Å². The zero-order valence-electron chi connectivity index (χ0n) is 13.2. The minimum atomic E-state index is -0.722. The Labute approximate surface area is 134 Å². The number of halogens is 1. The van der Waals surface area contributed by atoms with Crippen LogP contribution in [0.4, 0.5) is 4.39 Å². The second kappa shape index (κ2) is 6.13. The van der Waals surface area contributed by atoms with Crippen molar-refractivity contribution in [1.29, 1.82) is 0 Å². The zero-order chi connectivity index (χ0) is 16.6. The third-order valence-corrected chi connectivity index (χ3v) is 4.43. The first-order chi connectivity index (χ1) is 11.0. The van der Waals surface area contributed by atoms with Crippen LogP contribution in [0.15, 0.2) is 36.4 Å².